The van der Waals surface area contributed by atoms with Gasteiger partial charge >= 0.3 is 11.9 Å². The molecule has 5 heteroatoms. The number of benzene rings is 2. The Balaban J connectivity index is 1.83. The van der Waals surface area contributed by atoms with E-state index in [-0.39, 0.29) is 6.61 Å². The molecule has 0 bridgehead atoms. The Hall–Kier alpha value is -2.82. The molecule has 0 aliphatic heterocycles. The molecule has 3 aromatic rings. The number of hydrogen-bond acceptors (Lipinski definition) is 3. The normalized spacial score (nSPS) is 10.9. The van der Waals surface area contributed by atoms with Crippen LogP contribution in [0.15, 0.2) is 42.5 Å². The van der Waals surface area contributed by atoms with Gasteiger partial charge in [-0.15, -0.1) is 0 Å². The van der Waals surface area contributed by atoms with Gasteiger partial charge in [0.05, 0.1) is 0 Å². The van der Waals surface area contributed by atoms with Crippen LogP contribution in [0.2, 0.25) is 0 Å². The molecule has 0 unspecified atom stereocenters. The summed E-state index contributed by atoms with van der Waals surface area (Å²) < 4.78 is 4.93. The van der Waals surface area contributed by atoms with Crippen LogP contribution in [-0.2, 0) is 20.9 Å². The van der Waals surface area contributed by atoms with Gasteiger partial charge in [-0.2, -0.15) is 0 Å². The zero-order chi connectivity index (χ0) is 14.8. The third-order valence-electron chi connectivity index (χ3n) is 3.27. The molecular formula is C16H13NO4. The molecule has 0 saturated heterocycles. The third kappa shape index (κ3) is 2.72. The maximum absolute atomic E-state index is 11.2. The van der Waals surface area contributed by atoms with Crippen molar-refractivity contribution in [3.8, 4) is 0 Å². The molecule has 0 aliphatic rings. The van der Waals surface area contributed by atoms with Gasteiger partial charge in [-0.25, -0.2) is 0 Å². The number of H-pyrrole nitrogens is 1. The summed E-state index contributed by atoms with van der Waals surface area (Å²) in [5, 5.41) is 10.7. The maximum atomic E-state index is 11.2. The largest absolute Gasteiger partial charge is 0.481 e. The lowest BCUT2D eigenvalue weighted by Gasteiger charge is -2.03. The first kappa shape index (κ1) is 13.2. The van der Waals surface area contributed by atoms with Gasteiger partial charge in [0, 0.05) is 21.8 Å². The maximum Gasteiger partial charge on any atom is 0.317 e. The predicted octanol–water partition coefficient (Wildman–Crippen LogP) is 2.84. The lowest BCUT2D eigenvalue weighted by atomic mass is 10.1. The molecule has 2 N–H and O–H groups in total. The van der Waals surface area contributed by atoms with E-state index >= 15 is 0 Å². The number of esters is 1. The van der Waals surface area contributed by atoms with E-state index in [0.29, 0.717) is 0 Å². The lowest BCUT2D eigenvalue weighted by molar-refractivity contribution is -0.152. The summed E-state index contributed by atoms with van der Waals surface area (Å²) in [4.78, 5) is 24.9. The number of carboxylic acid groups (broad SMARTS) is 1. The summed E-state index contributed by atoms with van der Waals surface area (Å²) in [6.45, 7) is 0.0669. The first-order valence-electron chi connectivity index (χ1n) is 6.50. The SMILES string of the molecule is O=C(O)CC(=O)OCc1ccc2c(c1)[nH]c1ccccc12. The Bertz CT molecular complexity index is 835. The first-order chi connectivity index (χ1) is 10.1. The highest BCUT2D eigenvalue weighted by molar-refractivity contribution is 6.07. The second-order valence-corrected chi connectivity index (χ2v) is 4.78. The quantitative estimate of drug-likeness (QED) is 0.570. The molecule has 0 saturated carbocycles. The van der Waals surface area contributed by atoms with Crippen molar-refractivity contribution in [3.63, 3.8) is 0 Å². The smallest absolute Gasteiger partial charge is 0.317 e. The number of rotatable bonds is 4. The second kappa shape index (κ2) is 5.28. The van der Waals surface area contributed by atoms with Crippen LogP contribution in [0.4, 0.5) is 0 Å². The van der Waals surface area contributed by atoms with E-state index < -0.39 is 18.4 Å². The van der Waals surface area contributed by atoms with E-state index in [1.165, 1.54) is 0 Å². The Labute approximate surface area is 120 Å². The third-order valence-corrected chi connectivity index (χ3v) is 3.27. The van der Waals surface area contributed by atoms with Gasteiger partial charge < -0.3 is 14.8 Å². The van der Waals surface area contributed by atoms with Crippen molar-refractivity contribution in [2.45, 2.75) is 13.0 Å². The number of ether oxygens (including phenoxy) is 1. The molecule has 21 heavy (non-hydrogen) atoms. The number of nitrogens with one attached hydrogen (secondary N) is 1. The number of hydrogen-bond donors (Lipinski definition) is 2. The Morgan fingerprint density at radius 1 is 1.05 bits per heavy atom. The number of para-hydroxylation sites is 1. The topological polar surface area (TPSA) is 79.4 Å². The fourth-order valence-corrected chi connectivity index (χ4v) is 2.33. The van der Waals surface area contributed by atoms with E-state index in [1.807, 2.05) is 42.5 Å². The fourth-order valence-electron chi connectivity index (χ4n) is 2.33. The van der Waals surface area contributed by atoms with Crippen molar-refractivity contribution in [1.82, 2.24) is 4.98 Å². The summed E-state index contributed by atoms with van der Waals surface area (Å²) in [6, 6.07) is 13.7. The first-order valence-corrected chi connectivity index (χ1v) is 6.50. The monoisotopic (exact) mass is 283 g/mol. The predicted molar refractivity (Wildman–Crippen MR) is 77.9 cm³/mol. The minimum atomic E-state index is -1.19. The highest BCUT2D eigenvalue weighted by Gasteiger charge is 2.10. The number of carboxylic acids is 1. The Morgan fingerprint density at radius 2 is 1.81 bits per heavy atom. The van der Waals surface area contributed by atoms with Gasteiger partial charge in [0.2, 0.25) is 0 Å². The van der Waals surface area contributed by atoms with Crippen LogP contribution in [0.25, 0.3) is 21.8 Å². The van der Waals surface area contributed by atoms with Gasteiger partial charge in [-0.3, -0.25) is 9.59 Å². The van der Waals surface area contributed by atoms with E-state index in [1.54, 1.807) is 0 Å². The van der Waals surface area contributed by atoms with Crippen LogP contribution in [0.1, 0.15) is 12.0 Å². The summed E-state index contributed by atoms with van der Waals surface area (Å²) in [7, 11) is 0. The van der Waals surface area contributed by atoms with Gasteiger partial charge in [0.1, 0.15) is 13.0 Å². The Morgan fingerprint density at radius 3 is 2.62 bits per heavy atom. The molecule has 0 atom stereocenters. The van der Waals surface area contributed by atoms with Crippen molar-refractivity contribution in [2.24, 2.45) is 0 Å². The molecule has 3 rings (SSSR count). The standard InChI is InChI=1S/C16H13NO4/c18-15(19)8-16(20)21-9-10-5-6-12-11-3-1-2-4-13(11)17-14(12)7-10/h1-7,17H,8-9H2,(H,18,19). The number of aromatic nitrogens is 1. The van der Waals surface area contributed by atoms with Crippen LogP contribution >= 0.6 is 0 Å². The van der Waals surface area contributed by atoms with Crippen molar-refractivity contribution >= 4 is 33.7 Å². The molecule has 0 aliphatic carbocycles. The fraction of sp³-hybridized carbons (Fsp3) is 0.125. The zero-order valence-corrected chi connectivity index (χ0v) is 11.1. The molecule has 0 spiro atoms. The van der Waals surface area contributed by atoms with Gasteiger partial charge in [0.25, 0.3) is 0 Å². The number of aromatic amines is 1. The van der Waals surface area contributed by atoms with Crippen molar-refractivity contribution < 1.29 is 19.4 Å². The minimum absolute atomic E-state index is 0.0669. The van der Waals surface area contributed by atoms with Crippen LogP contribution in [0.5, 0.6) is 0 Å². The molecule has 106 valence electrons. The van der Waals surface area contributed by atoms with Gasteiger partial charge in [0.15, 0.2) is 0 Å². The van der Waals surface area contributed by atoms with Gasteiger partial charge in [-0.05, 0) is 17.7 Å². The second-order valence-electron chi connectivity index (χ2n) is 4.78. The molecule has 0 radical (unpaired) electrons. The average molecular weight is 283 g/mol. The number of carbonyl (C=O) groups excluding carboxylic acids is 1. The minimum Gasteiger partial charge on any atom is -0.481 e. The molecule has 0 amide bonds. The molecule has 1 aromatic heterocycles. The summed E-state index contributed by atoms with van der Waals surface area (Å²) in [6.07, 6.45) is -0.616. The number of carbonyl (C=O) groups is 2. The van der Waals surface area contributed by atoms with E-state index in [0.717, 1.165) is 27.4 Å². The van der Waals surface area contributed by atoms with Crippen LogP contribution in [0.3, 0.4) is 0 Å². The summed E-state index contributed by atoms with van der Waals surface area (Å²) >= 11 is 0. The van der Waals surface area contributed by atoms with Crippen molar-refractivity contribution in [2.75, 3.05) is 0 Å². The van der Waals surface area contributed by atoms with Crippen LogP contribution in [-0.4, -0.2) is 22.0 Å². The molecule has 5 nitrogen and oxygen atoms in total. The number of aliphatic carboxylic acids is 1. The highest BCUT2D eigenvalue weighted by Crippen LogP contribution is 2.25. The van der Waals surface area contributed by atoms with Crippen molar-refractivity contribution in [1.29, 1.82) is 0 Å². The Kier molecular flexibility index (Phi) is 3.31. The summed E-state index contributed by atoms with van der Waals surface area (Å²) in [5.41, 5.74) is 2.82. The zero-order valence-electron chi connectivity index (χ0n) is 11.1. The molecule has 1 heterocycles. The van der Waals surface area contributed by atoms with Crippen LogP contribution in [0, 0.1) is 0 Å². The lowest BCUT2D eigenvalue weighted by Crippen LogP contribution is -2.10. The number of fused-ring (bicyclic) bond motifs is 3. The molecular weight excluding hydrogens is 270 g/mol. The van der Waals surface area contributed by atoms with E-state index in [2.05, 4.69) is 4.98 Å². The van der Waals surface area contributed by atoms with E-state index in [9.17, 15) is 9.59 Å². The van der Waals surface area contributed by atoms with Crippen molar-refractivity contribution in [3.05, 3.63) is 48.0 Å². The average Bonchev–Trinajstić information content (AvgIpc) is 2.82. The highest BCUT2D eigenvalue weighted by atomic mass is 16.5. The van der Waals surface area contributed by atoms with Gasteiger partial charge in [-0.1, -0.05) is 30.3 Å². The van der Waals surface area contributed by atoms with E-state index in [4.69, 9.17) is 9.84 Å². The summed E-state index contributed by atoms with van der Waals surface area (Å²) in [5.74, 6) is -1.93. The molecule has 0 fully saturated rings. The molecule has 2 aromatic carbocycles. The van der Waals surface area contributed by atoms with Crippen LogP contribution < -0.4 is 0 Å².